The lowest BCUT2D eigenvalue weighted by Gasteiger charge is -2.31. The lowest BCUT2D eigenvalue weighted by atomic mass is 9.88. The summed E-state index contributed by atoms with van der Waals surface area (Å²) in [4.78, 5) is 13.8. The fourth-order valence-corrected chi connectivity index (χ4v) is 3.09. The molecule has 1 aromatic carbocycles. The molecule has 1 heterocycles. The topological polar surface area (TPSA) is 49.8 Å². The van der Waals surface area contributed by atoms with Crippen LogP contribution in [0.1, 0.15) is 32.3 Å². The summed E-state index contributed by atoms with van der Waals surface area (Å²) in [5.41, 5.74) is 0.818. The zero-order valence-corrected chi connectivity index (χ0v) is 13.6. The van der Waals surface area contributed by atoms with Crippen LogP contribution >= 0.6 is 11.6 Å². The molecule has 1 aliphatic rings. The highest BCUT2D eigenvalue weighted by Crippen LogP contribution is 2.40. The summed E-state index contributed by atoms with van der Waals surface area (Å²) < 4.78 is 5.39. The Balaban J connectivity index is 2.41. The van der Waals surface area contributed by atoms with Crippen LogP contribution in [0.25, 0.3) is 0 Å². The lowest BCUT2D eigenvalue weighted by Crippen LogP contribution is -2.40. The van der Waals surface area contributed by atoms with Crippen LogP contribution in [-0.4, -0.2) is 41.7 Å². The van der Waals surface area contributed by atoms with E-state index in [9.17, 15) is 9.90 Å². The van der Waals surface area contributed by atoms with E-state index in [1.54, 1.807) is 19.2 Å². The average Bonchev–Trinajstić information content (AvgIpc) is 2.83. The molecule has 1 saturated heterocycles. The number of carboxylic acid groups (broad SMARTS) is 1. The van der Waals surface area contributed by atoms with Crippen molar-refractivity contribution < 1.29 is 14.6 Å². The van der Waals surface area contributed by atoms with Crippen LogP contribution in [0.15, 0.2) is 18.2 Å². The predicted octanol–water partition coefficient (Wildman–Crippen LogP) is 3.25. The molecule has 0 radical (unpaired) electrons. The number of methoxy groups -OCH3 is 1. The van der Waals surface area contributed by atoms with Crippen LogP contribution in [0.4, 0.5) is 0 Å². The third kappa shape index (κ3) is 3.33. The molecule has 0 spiro atoms. The van der Waals surface area contributed by atoms with Crippen LogP contribution in [0.2, 0.25) is 5.02 Å². The lowest BCUT2D eigenvalue weighted by molar-refractivity contribution is -0.141. The van der Waals surface area contributed by atoms with Crippen molar-refractivity contribution in [2.75, 3.05) is 20.2 Å². The fraction of sp³-hybridized carbons (Fsp3) is 0.562. The van der Waals surface area contributed by atoms with Gasteiger partial charge in [0.25, 0.3) is 0 Å². The molecule has 1 N–H and O–H groups in total. The zero-order valence-electron chi connectivity index (χ0n) is 12.9. The molecular formula is C16H22ClNO3. The Bertz CT molecular complexity index is 539. The van der Waals surface area contributed by atoms with E-state index in [0.717, 1.165) is 5.56 Å². The van der Waals surface area contributed by atoms with E-state index in [4.69, 9.17) is 16.3 Å². The van der Waals surface area contributed by atoms with Gasteiger partial charge in [-0.25, -0.2) is 0 Å². The molecule has 21 heavy (non-hydrogen) atoms. The Morgan fingerprint density at radius 3 is 2.57 bits per heavy atom. The van der Waals surface area contributed by atoms with Crippen molar-refractivity contribution in [2.24, 2.45) is 5.92 Å². The van der Waals surface area contributed by atoms with Gasteiger partial charge >= 0.3 is 5.97 Å². The van der Waals surface area contributed by atoms with Gasteiger partial charge in [-0.15, -0.1) is 0 Å². The summed E-state index contributed by atoms with van der Waals surface area (Å²) in [6, 6.07) is 5.39. The highest BCUT2D eigenvalue weighted by molar-refractivity contribution is 6.30. The number of benzene rings is 1. The standard InChI is InChI=1S/C16H22ClNO3/c1-16(2,3)18-8-12(13(9-18)15(19)20)11-7-10(17)5-6-14(11)21-4/h5-7,12-13H,8-9H2,1-4H3,(H,19,20)/t12-,13+/m1/s1. The Labute approximate surface area is 130 Å². The third-order valence-electron chi connectivity index (χ3n) is 4.18. The van der Waals surface area contributed by atoms with E-state index in [1.807, 2.05) is 6.07 Å². The van der Waals surface area contributed by atoms with Gasteiger partial charge in [0.1, 0.15) is 5.75 Å². The number of carbonyl (C=O) groups is 1. The van der Waals surface area contributed by atoms with Gasteiger partial charge in [-0.2, -0.15) is 0 Å². The summed E-state index contributed by atoms with van der Waals surface area (Å²) in [6.07, 6.45) is 0. The van der Waals surface area contributed by atoms with E-state index in [1.165, 1.54) is 0 Å². The number of likely N-dealkylation sites (tertiary alicyclic amines) is 1. The number of hydrogen-bond donors (Lipinski definition) is 1. The minimum Gasteiger partial charge on any atom is -0.496 e. The average molecular weight is 312 g/mol. The van der Waals surface area contributed by atoms with Gasteiger partial charge in [0.05, 0.1) is 13.0 Å². The van der Waals surface area contributed by atoms with Gasteiger partial charge in [-0.3, -0.25) is 9.69 Å². The Morgan fingerprint density at radius 1 is 1.38 bits per heavy atom. The van der Waals surface area contributed by atoms with Crippen molar-refractivity contribution in [1.82, 2.24) is 4.90 Å². The van der Waals surface area contributed by atoms with Crippen LogP contribution in [0.3, 0.4) is 0 Å². The van der Waals surface area contributed by atoms with E-state index < -0.39 is 11.9 Å². The Hall–Kier alpha value is -1.26. The van der Waals surface area contributed by atoms with Gasteiger partial charge < -0.3 is 9.84 Å². The first-order chi connectivity index (χ1) is 9.74. The first-order valence-corrected chi connectivity index (χ1v) is 7.43. The number of rotatable bonds is 3. The molecule has 1 aliphatic heterocycles. The monoisotopic (exact) mass is 311 g/mol. The number of nitrogens with zero attached hydrogens (tertiary/aromatic N) is 1. The maximum absolute atomic E-state index is 11.6. The van der Waals surface area contributed by atoms with Crippen molar-refractivity contribution in [3.63, 3.8) is 0 Å². The second-order valence-corrected chi connectivity index (χ2v) is 6.95. The molecule has 1 fully saturated rings. The molecule has 0 aromatic heterocycles. The molecule has 116 valence electrons. The summed E-state index contributed by atoms with van der Waals surface area (Å²) in [5, 5.41) is 10.2. The van der Waals surface area contributed by atoms with E-state index in [0.29, 0.717) is 23.9 Å². The van der Waals surface area contributed by atoms with Crippen molar-refractivity contribution >= 4 is 17.6 Å². The number of aliphatic carboxylic acids is 1. The van der Waals surface area contributed by atoms with Crippen molar-refractivity contribution in [1.29, 1.82) is 0 Å². The molecule has 0 unspecified atom stereocenters. The first-order valence-electron chi connectivity index (χ1n) is 7.05. The number of halogens is 1. The van der Waals surface area contributed by atoms with Crippen molar-refractivity contribution in [3.05, 3.63) is 28.8 Å². The Morgan fingerprint density at radius 2 is 2.05 bits per heavy atom. The molecule has 0 saturated carbocycles. The van der Waals surface area contributed by atoms with Gasteiger partial charge in [-0.05, 0) is 39.0 Å². The largest absolute Gasteiger partial charge is 0.496 e. The third-order valence-corrected chi connectivity index (χ3v) is 4.41. The normalized spacial score (nSPS) is 23.3. The SMILES string of the molecule is COc1ccc(Cl)cc1[C@H]1CN(C(C)(C)C)C[C@@H]1C(=O)O. The van der Waals surface area contributed by atoms with Gasteiger partial charge in [0.15, 0.2) is 0 Å². The van der Waals surface area contributed by atoms with Gasteiger partial charge in [-0.1, -0.05) is 11.6 Å². The zero-order chi connectivity index (χ0) is 15.8. The second kappa shape index (κ2) is 5.85. The van der Waals surface area contributed by atoms with E-state index >= 15 is 0 Å². The van der Waals surface area contributed by atoms with Crippen molar-refractivity contribution in [3.8, 4) is 5.75 Å². The first kappa shape index (κ1) is 16.1. The molecule has 2 rings (SSSR count). The molecule has 2 atom stereocenters. The van der Waals surface area contributed by atoms with Crippen LogP contribution < -0.4 is 4.74 Å². The fourth-order valence-electron chi connectivity index (χ4n) is 2.91. The highest BCUT2D eigenvalue weighted by Gasteiger charge is 2.43. The molecule has 0 bridgehead atoms. The maximum atomic E-state index is 11.6. The minimum atomic E-state index is -0.770. The Kier molecular flexibility index (Phi) is 4.49. The molecular weight excluding hydrogens is 290 g/mol. The predicted molar refractivity (Wildman–Crippen MR) is 83.2 cm³/mol. The number of carboxylic acids is 1. The quantitative estimate of drug-likeness (QED) is 0.931. The summed E-state index contributed by atoms with van der Waals surface area (Å²) in [5.74, 6) is -0.632. The maximum Gasteiger partial charge on any atom is 0.308 e. The second-order valence-electron chi connectivity index (χ2n) is 6.51. The van der Waals surface area contributed by atoms with Crippen LogP contribution in [-0.2, 0) is 4.79 Å². The van der Waals surface area contributed by atoms with Crippen molar-refractivity contribution in [2.45, 2.75) is 32.2 Å². The molecule has 0 amide bonds. The van der Waals surface area contributed by atoms with Crippen LogP contribution in [0.5, 0.6) is 5.75 Å². The molecule has 0 aliphatic carbocycles. The van der Waals surface area contributed by atoms with Crippen LogP contribution in [0, 0.1) is 5.92 Å². The summed E-state index contributed by atoms with van der Waals surface area (Å²) in [6.45, 7) is 7.53. The van der Waals surface area contributed by atoms with Gasteiger partial charge in [0, 0.05) is 35.1 Å². The number of hydrogen-bond acceptors (Lipinski definition) is 3. The minimum absolute atomic E-state index is 0.0612. The smallest absolute Gasteiger partial charge is 0.308 e. The van der Waals surface area contributed by atoms with E-state index in [-0.39, 0.29) is 11.5 Å². The number of ether oxygens (including phenoxy) is 1. The van der Waals surface area contributed by atoms with Gasteiger partial charge in [0.2, 0.25) is 0 Å². The van der Waals surface area contributed by atoms with E-state index in [2.05, 4.69) is 25.7 Å². The molecule has 5 heteroatoms. The summed E-state index contributed by atoms with van der Waals surface area (Å²) in [7, 11) is 1.60. The molecule has 4 nitrogen and oxygen atoms in total. The highest BCUT2D eigenvalue weighted by atomic mass is 35.5. The molecule has 1 aromatic rings. The summed E-state index contributed by atoms with van der Waals surface area (Å²) >= 11 is 6.09.